The van der Waals surface area contributed by atoms with E-state index in [0.717, 1.165) is 4.31 Å². The lowest BCUT2D eigenvalue weighted by Crippen LogP contribution is -2.26. The molecule has 0 radical (unpaired) electrons. The zero-order valence-corrected chi connectivity index (χ0v) is 14.8. The fourth-order valence-corrected chi connectivity index (χ4v) is 4.13. The van der Waals surface area contributed by atoms with E-state index in [1.165, 1.54) is 44.3 Å². The van der Waals surface area contributed by atoms with Gasteiger partial charge in [-0.25, -0.2) is 16.8 Å². The molecule has 24 heavy (non-hydrogen) atoms. The molecule has 2 aromatic rings. The van der Waals surface area contributed by atoms with Crippen molar-refractivity contribution in [1.82, 2.24) is 0 Å². The predicted octanol–water partition coefficient (Wildman–Crippen LogP) is 2.18. The number of anilines is 1. The van der Waals surface area contributed by atoms with Crippen molar-refractivity contribution in [1.29, 1.82) is 5.26 Å². The Hall–Kier alpha value is -2.37. The molecule has 0 bridgehead atoms. The van der Waals surface area contributed by atoms with Gasteiger partial charge in [0.1, 0.15) is 0 Å². The zero-order valence-electron chi connectivity index (χ0n) is 13.2. The van der Waals surface area contributed by atoms with Crippen LogP contribution in [0.4, 0.5) is 5.69 Å². The molecule has 0 saturated heterocycles. The molecule has 0 aliphatic rings. The number of hydrogen-bond donors (Lipinski definition) is 0. The first kappa shape index (κ1) is 18.0. The van der Waals surface area contributed by atoms with E-state index in [9.17, 15) is 16.8 Å². The van der Waals surface area contributed by atoms with Gasteiger partial charge < -0.3 is 0 Å². The van der Waals surface area contributed by atoms with Crippen LogP contribution in [0.5, 0.6) is 0 Å². The summed E-state index contributed by atoms with van der Waals surface area (Å²) in [5.74, 6) is -0.0556. The molecule has 2 rings (SSSR count). The van der Waals surface area contributed by atoms with Crippen LogP contribution in [0, 0.1) is 11.3 Å². The van der Waals surface area contributed by atoms with E-state index in [2.05, 4.69) is 0 Å². The third kappa shape index (κ3) is 3.42. The summed E-state index contributed by atoms with van der Waals surface area (Å²) in [5, 5.41) is 8.92. The molecule has 2 aromatic carbocycles. The second-order valence-electron chi connectivity index (χ2n) is 5.01. The highest BCUT2D eigenvalue weighted by Gasteiger charge is 2.22. The van der Waals surface area contributed by atoms with Crippen LogP contribution in [0.25, 0.3) is 0 Å². The van der Waals surface area contributed by atoms with Crippen LogP contribution in [0.3, 0.4) is 0 Å². The predicted molar refractivity (Wildman–Crippen MR) is 90.9 cm³/mol. The Labute approximate surface area is 141 Å². The van der Waals surface area contributed by atoms with Crippen molar-refractivity contribution in [3.05, 3.63) is 54.1 Å². The van der Waals surface area contributed by atoms with E-state index in [0.29, 0.717) is 11.3 Å². The summed E-state index contributed by atoms with van der Waals surface area (Å²) in [6, 6.07) is 13.3. The van der Waals surface area contributed by atoms with Crippen LogP contribution in [-0.2, 0) is 19.9 Å². The minimum absolute atomic E-state index is 0.0255. The first-order valence-corrected chi connectivity index (χ1v) is 10.1. The maximum Gasteiger partial charge on any atom is 0.264 e. The third-order valence-corrected chi connectivity index (χ3v) is 7.11. The van der Waals surface area contributed by atoms with Crippen molar-refractivity contribution < 1.29 is 16.8 Å². The molecule has 8 heteroatoms. The number of nitriles is 1. The molecule has 6 nitrogen and oxygen atoms in total. The van der Waals surface area contributed by atoms with E-state index in [1.54, 1.807) is 18.2 Å². The van der Waals surface area contributed by atoms with Crippen LogP contribution >= 0.6 is 0 Å². The Balaban J connectivity index is 2.41. The van der Waals surface area contributed by atoms with Crippen molar-refractivity contribution >= 4 is 25.5 Å². The standard InChI is InChI=1S/C16H16N2O4S2/c1-3-23(19,20)15-7-9-16(10-8-15)24(21,22)18(2)14-6-4-5-13(11-14)12-17/h4-11H,3H2,1-2H3. The summed E-state index contributed by atoms with van der Waals surface area (Å²) in [6.07, 6.45) is 0. The van der Waals surface area contributed by atoms with Crippen LogP contribution in [0.2, 0.25) is 0 Å². The summed E-state index contributed by atoms with van der Waals surface area (Å²) in [4.78, 5) is 0.0560. The Kier molecular flexibility index (Phi) is 4.96. The highest BCUT2D eigenvalue weighted by Crippen LogP contribution is 2.24. The minimum Gasteiger partial charge on any atom is -0.269 e. The second-order valence-corrected chi connectivity index (χ2v) is 9.26. The average Bonchev–Trinajstić information content (AvgIpc) is 2.61. The molecule has 0 saturated carbocycles. The Morgan fingerprint density at radius 1 is 1.00 bits per heavy atom. The molecule has 0 fully saturated rings. The van der Waals surface area contributed by atoms with Gasteiger partial charge in [-0.15, -0.1) is 0 Å². The average molecular weight is 364 g/mol. The van der Waals surface area contributed by atoms with Crippen molar-refractivity contribution in [2.75, 3.05) is 17.1 Å². The summed E-state index contributed by atoms with van der Waals surface area (Å²) >= 11 is 0. The number of sulfone groups is 1. The Bertz CT molecular complexity index is 989. The van der Waals surface area contributed by atoms with Crippen LogP contribution < -0.4 is 4.31 Å². The smallest absolute Gasteiger partial charge is 0.264 e. The van der Waals surface area contributed by atoms with Gasteiger partial charge in [-0.1, -0.05) is 13.0 Å². The second kappa shape index (κ2) is 6.63. The first-order valence-electron chi connectivity index (χ1n) is 7.04. The number of sulfonamides is 1. The molecule has 0 spiro atoms. The monoisotopic (exact) mass is 364 g/mol. The van der Waals surface area contributed by atoms with Gasteiger partial charge in [-0.3, -0.25) is 4.31 Å². The summed E-state index contributed by atoms with van der Waals surface area (Å²) in [6.45, 7) is 1.52. The molecule has 0 N–H and O–H groups in total. The highest BCUT2D eigenvalue weighted by atomic mass is 32.2. The van der Waals surface area contributed by atoms with Gasteiger partial charge in [0.25, 0.3) is 10.0 Å². The Morgan fingerprint density at radius 3 is 2.12 bits per heavy atom. The molecule has 0 aliphatic carbocycles. The molecule has 0 amide bonds. The zero-order chi connectivity index (χ0) is 18.0. The molecular formula is C16H16N2O4S2. The van der Waals surface area contributed by atoms with Gasteiger partial charge in [-0.2, -0.15) is 5.26 Å². The maximum absolute atomic E-state index is 12.7. The Morgan fingerprint density at radius 2 is 1.58 bits per heavy atom. The van der Waals surface area contributed by atoms with Crippen LogP contribution in [0.1, 0.15) is 12.5 Å². The lowest BCUT2D eigenvalue weighted by Gasteiger charge is -2.19. The molecule has 0 heterocycles. The summed E-state index contributed by atoms with van der Waals surface area (Å²) in [5.41, 5.74) is 0.693. The molecule has 0 aliphatic heterocycles. The van der Waals surface area contributed by atoms with E-state index < -0.39 is 19.9 Å². The van der Waals surface area contributed by atoms with Gasteiger partial charge in [0.2, 0.25) is 0 Å². The van der Waals surface area contributed by atoms with E-state index in [4.69, 9.17) is 5.26 Å². The first-order chi connectivity index (χ1) is 11.2. The SMILES string of the molecule is CCS(=O)(=O)c1ccc(S(=O)(=O)N(C)c2cccc(C#N)c2)cc1. The van der Waals surface area contributed by atoms with Crippen molar-refractivity contribution in [2.45, 2.75) is 16.7 Å². The van der Waals surface area contributed by atoms with E-state index in [-0.39, 0.29) is 15.5 Å². The lowest BCUT2D eigenvalue weighted by molar-refractivity contribution is 0.592. The lowest BCUT2D eigenvalue weighted by atomic mass is 10.2. The number of nitrogens with zero attached hydrogens (tertiary/aromatic N) is 2. The molecule has 0 unspecified atom stereocenters. The topological polar surface area (TPSA) is 95.3 Å². The van der Waals surface area contributed by atoms with Gasteiger partial charge in [-0.05, 0) is 42.5 Å². The van der Waals surface area contributed by atoms with Crippen LogP contribution in [-0.4, -0.2) is 29.6 Å². The normalized spacial score (nSPS) is 11.7. The van der Waals surface area contributed by atoms with Crippen molar-refractivity contribution in [2.24, 2.45) is 0 Å². The van der Waals surface area contributed by atoms with Gasteiger partial charge in [0.15, 0.2) is 9.84 Å². The van der Waals surface area contributed by atoms with Gasteiger partial charge in [0, 0.05) is 7.05 Å². The fourth-order valence-electron chi connectivity index (χ4n) is 2.05. The molecule has 126 valence electrons. The fraction of sp³-hybridized carbons (Fsp3) is 0.188. The number of hydrogen-bond acceptors (Lipinski definition) is 5. The number of benzene rings is 2. The van der Waals surface area contributed by atoms with Crippen molar-refractivity contribution in [3.8, 4) is 6.07 Å². The maximum atomic E-state index is 12.7. The van der Waals surface area contributed by atoms with Crippen molar-refractivity contribution in [3.63, 3.8) is 0 Å². The minimum atomic E-state index is -3.86. The molecule has 0 aromatic heterocycles. The molecule has 0 atom stereocenters. The molecular weight excluding hydrogens is 348 g/mol. The van der Waals surface area contributed by atoms with E-state index in [1.807, 2.05) is 6.07 Å². The number of rotatable bonds is 5. The largest absolute Gasteiger partial charge is 0.269 e. The van der Waals surface area contributed by atoms with Crippen LogP contribution in [0.15, 0.2) is 58.3 Å². The summed E-state index contributed by atoms with van der Waals surface area (Å²) in [7, 11) is -5.87. The van der Waals surface area contributed by atoms with Gasteiger partial charge >= 0.3 is 0 Å². The van der Waals surface area contributed by atoms with Gasteiger partial charge in [0.05, 0.1) is 32.9 Å². The quantitative estimate of drug-likeness (QED) is 0.810. The summed E-state index contributed by atoms with van der Waals surface area (Å²) < 4.78 is 50.0. The third-order valence-electron chi connectivity index (χ3n) is 3.56. The highest BCUT2D eigenvalue weighted by molar-refractivity contribution is 7.93. The van der Waals surface area contributed by atoms with E-state index >= 15 is 0 Å².